The smallest absolute Gasteiger partial charge is 0.124 e. The largest absolute Gasteiger partial charge is 0.341 e. The summed E-state index contributed by atoms with van der Waals surface area (Å²) in [6.45, 7) is 7.50. The van der Waals surface area contributed by atoms with Gasteiger partial charge in [0.05, 0.1) is 10.2 Å². The van der Waals surface area contributed by atoms with Crippen LogP contribution in [0.3, 0.4) is 0 Å². The number of benzene rings is 3. The Bertz CT molecular complexity index is 1260. The minimum absolute atomic E-state index is 0.960. The van der Waals surface area contributed by atoms with Gasteiger partial charge in [0.15, 0.2) is 0 Å². The molecule has 0 spiro atoms. The van der Waals surface area contributed by atoms with Crippen molar-refractivity contribution in [3.63, 3.8) is 0 Å². The number of nitrogens with zero attached hydrogens (tertiary/aromatic N) is 2. The van der Waals surface area contributed by atoms with E-state index in [9.17, 15) is 0 Å². The number of aromatic nitrogens is 2. The molecular weight excluding hydrogens is 336 g/mol. The van der Waals surface area contributed by atoms with Crippen LogP contribution in [0.25, 0.3) is 37.6 Å². The fourth-order valence-corrected chi connectivity index (χ4v) is 4.67. The summed E-state index contributed by atoms with van der Waals surface area (Å²) in [5.41, 5.74) is 5.72. The standard InChI is InChI=1S/C23H18N2S/c1-3-25-20-10-6-4-8-17(20)18-14-16(12-13-21(18)25)15(2)23-24-19-9-5-7-11-22(19)26-23/h4-14H,2-3H2,1H3. The number of hydrogen-bond acceptors (Lipinski definition) is 2. The zero-order chi connectivity index (χ0) is 17.7. The van der Waals surface area contributed by atoms with Crippen molar-refractivity contribution in [2.75, 3.05) is 0 Å². The van der Waals surface area contributed by atoms with Crippen LogP contribution in [0.15, 0.2) is 73.3 Å². The molecule has 0 aliphatic heterocycles. The molecule has 0 radical (unpaired) electrons. The predicted octanol–water partition coefficient (Wildman–Crippen LogP) is 6.49. The lowest BCUT2D eigenvalue weighted by Crippen LogP contribution is -1.93. The second kappa shape index (κ2) is 5.82. The number of thiazole rings is 1. The highest BCUT2D eigenvalue weighted by molar-refractivity contribution is 7.19. The van der Waals surface area contributed by atoms with Gasteiger partial charge in [-0.25, -0.2) is 4.98 Å². The summed E-state index contributed by atoms with van der Waals surface area (Å²) in [7, 11) is 0. The van der Waals surface area contributed by atoms with Crippen LogP contribution >= 0.6 is 11.3 Å². The molecule has 5 rings (SSSR count). The van der Waals surface area contributed by atoms with Gasteiger partial charge in [0, 0.05) is 33.9 Å². The Hall–Kier alpha value is -2.91. The molecule has 0 fully saturated rings. The van der Waals surface area contributed by atoms with E-state index in [1.807, 2.05) is 6.07 Å². The maximum atomic E-state index is 4.77. The van der Waals surface area contributed by atoms with Crippen molar-refractivity contribution in [2.24, 2.45) is 0 Å². The summed E-state index contributed by atoms with van der Waals surface area (Å²) in [5, 5.41) is 3.57. The molecular formula is C23H18N2S. The molecule has 5 aromatic rings. The zero-order valence-corrected chi connectivity index (χ0v) is 15.4. The van der Waals surface area contributed by atoms with E-state index < -0.39 is 0 Å². The van der Waals surface area contributed by atoms with Gasteiger partial charge in [-0.15, -0.1) is 11.3 Å². The summed E-state index contributed by atoms with van der Waals surface area (Å²) in [5.74, 6) is 0. The Labute approximate surface area is 156 Å². The minimum atomic E-state index is 0.960. The van der Waals surface area contributed by atoms with Crippen LogP contribution in [0.5, 0.6) is 0 Å². The highest BCUT2D eigenvalue weighted by Gasteiger charge is 2.13. The van der Waals surface area contributed by atoms with Gasteiger partial charge in [0.2, 0.25) is 0 Å². The second-order valence-electron chi connectivity index (χ2n) is 6.46. The van der Waals surface area contributed by atoms with Gasteiger partial charge in [-0.3, -0.25) is 0 Å². The van der Waals surface area contributed by atoms with Gasteiger partial charge in [-0.05, 0) is 42.8 Å². The zero-order valence-electron chi connectivity index (χ0n) is 14.6. The molecule has 26 heavy (non-hydrogen) atoms. The molecule has 3 aromatic carbocycles. The van der Waals surface area contributed by atoms with Gasteiger partial charge in [0.1, 0.15) is 5.01 Å². The van der Waals surface area contributed by atoms with Gasteiger partial charge in [-0.2, -0.15) is 0 Å². The van der Waals surface area contributed by atoms with Gasteiger partial charge < -0.3 is 4.57 Å². The fourth-order valence-electron chi connectivity index (χ4n) is 3.71. The first kappa shape index (κ1) is 15.4. The number of hydrogen-bond donors (Lipinski definition) is 0. The van der Waals surface area contributed by atoms with Crippen molar-refractivity contribution in [3.8, 4) is 0 Å². The molecule has 0 N–H and O–H groups in total. The van der Waals surface area contributed by atoms with E-state index in [1.54, 1.807) is 11.3 Å². The van der Waals surface area contributed by atoms with E-state index in [1.165, 1.54) is 26.5 Å². The van der Waals surface area contributed by atoms with Crippen molar-refractivity contribution in [1.29, 1.82) is 0 Å². The van der Waals surface area contributed by atoms with Crippen LogP contribution in [0, 0.1) is 0 Å². The maximum absolute atomic E-state index is 4.77. The number of aryl methyl sites for hydroxylation is 1. The lowest BCUT2D eigenvalue weighted by atomic mass is 10.0. The number of fused-ring (bicyclic) bond motifs is 4. The molecule has 0 aliphatic rings. The normalized spacial score (nSPS) is 11.6. The molecule has 2 aromatic heterocycles. The summed E-state index contributed by atoms with van der Waals surface area (Å²) in [4.78, 5) is 4.77. The Morgan fingerprint density at radius 3 is 2.58 bits per heavy atom. The topological polar surface area (TPSA) is 17.8 Å². The second-order valence-corrected chi connectivity index (χ2v) is 7.49. The van der Waals surface area contributed by atoms with Crippen LogP contribution in [-0.4, -0.2) is 9.55 Å². The highest BCUT2D eigenvalue weighted by atomic mass is 32.1. The van der Waals surface area contributed by atoms with Crippen LogP contribution in [0.2, 0.25) is 0 Å². The molecule has 3 heteroatoms. The van der Waals surface area contributed by atoms with Crippen LogP contribution in [0.1, 0.15) is 17.5 Å². The highest BCUT2D eigenvalue weighted by Crippen LogP contribution is 2.34. The molecule has 0 unspecified atom stereocenters. The lowest BCUT2D eigenvalue weighted by Gasteiger charge is -2.05. The number of para-hydroxylation sites is 2. The molecule has 0 amide bonds. The Balaban J connectivity index is 1.69. The average molecular weight is 354 g/mol. The van der Waals surface area contributed by atoms with Crippen molar-refractivity contribution in [3.05, 3.63) is 83.9 Å². The third-order valence-corrected chi connectivity index (χ3v) is 6.09. The van der Waals surface area contributed by atoms with E-state index in [2.05, 4.69) is 78.7 Å². The van der Waals surface area contributed by atoms with Crippen LogP contribution in [0.4, 0.5) is 0 Å². The first-order chi connectivity index (χ1) is 12.8. The third-order valence-electron chi connectivity index (χ3n) is 4.99. The lowest BCUT2D eigenvalue weighted by molar-refractivity contribution is 0.827. The van der Waals surface area contributed by atoms with E-state index in [4.69, 9.17) is 4.98 Å². The van der Waals surface area contributed by atoms with Crippen LogP contribution < -0.4 is 0 Å². The van der Waals surface area contributed by atoms with Crippen molar-refractivity contribution >= 4 is 48.9 Å². The summed E-state index contributed by atoms with van der Waals surface area (Å²) < 4.78 is 3.57. The molecule has 0 atom stereocenters. The number of rotatable bonds is 3. The monoisotopic (exact) mass is 354 g/mol. The predicted molar refractivity (Wildman–Crippen MR) is 113 cm³/mol. The first-order valence-electron chi connectivity index (χ1n) is 8.82. The third kappa shape index (κ3) is 2.21. The van der Waals surface area contributed by atoms with Crippen LogP contribution in [-0.2, 0) is 6.54 Å². The molecule has 2 nitrogen and oxygen atoms in total. The van der Waals surface area contributed by atoms with E-state index >= 15 is 0 Å². The van der Waals surface area contributed by atoms with Gasteiger partial charge >= 0.3 is 0 Å². The molecule has 126 valence electrons. The van der Waals surface area contributed by atoms with Gasteiger partial charge in [0.25, 0.3) is 0 Å². The summed E-state index contributed by atoms with van der Waals surface area (Å²) in [6, 6.07) is 23.5. The Morgan fingerprint density at radius 2 is 1.73 bits per heavy atom. The van der Waals surface area contributed by atoms with Crippen molar-refractivity contribution in [1.82, 2.24) is 9.55 Å². The van der Waals surface area contributed by atoms with Crippen molar-refractivity contribution < 1.29 is 0 Å². The Kier molecular flexibility index (Phi) is 3.44. The summed E-state index contributed by atoms with van der Waals surface area (Å²) >= 11 is 1.70. The van der Waals surface area contributed by atoms with Crippen molar-refractivity contribution in [2.45, 2.75) is 13.5 Å². The van der Waals surface area contributed by atoms with E-state index in [-0.39, 0.29) is 0 Å². The van der Waals surface area contributed by atoms with E-state index in [0.717, 1.165) is 28.2 Å². The minimum Gasteiger partial charge on any atom is -0.341 e. The summed E-state index contributed by atoms with van der Waals surface area (Å²) in [6.07, 6.45) is 0. The molecule has 0 saturated carbocycles. The Morgan fingerprint density at radius 1 is 0.962 bits per heavy atom. The SMILES string of the molecule is C=C(c1ccc2c(c1)c1ccccc1n2CC)c1nc2ccccc2s1. The molecule has 0 aliphatic carbocycles. The quantitative estimate of drug-likeness (QED) is 0.362. The molecule has 2 heterocycles. The first-order valence-corrected chi connectivity index (χ1v) is 9.64. The molecule has 0 saturated heterocycles. The fraction of sp³-hybridized carbons (Fsp3) is 0.0870. The average Bonchev–Trinajstić information content (AvgIpc) is 3.26. The van der Waals surface area contributed by atoms with Gasteiger partial charge in [-0.1, -0.05) is 43.0 Å². The van der Waals surface area contributed by atoms with E-state index in [0.29, 0.717) is 0 Å². The maximum Gasteiger partial charge on any atom is 0.124 e. The molecule has 0 bridgehead atoms.